The van der Waals surface area contributed by atoms with Crippen molar-refractivity contribution < 1.29 is 4.79 Å². The van der Waals surface area contributed by atoms with E-state index in [2.05, 4.69) is 42.3 Å². The number of rotatable bonds is 2. The number of carbonyl (C=O) groups is 1. The van der Waals surface area contributed by atoms with Crippen molar-refractivity contribution in [3.8, 4) is 0 Å². The summed E-state index contributed by atoms with van der Waals surface area (Å²) < 4.78 is 0. The first kappa shape index (κ1) is 14.4. The summed E-state index contributed by atoms with van der Waals surface area (Å²) in [6, 6.07) is 6.54. The molecule has 1 amide bonds. The molecule has 1 aromatic carbocycles. The van der Waals surface area contributed by atoms with Gasteiger partial charge in [-0.1, -0.05) is 12.1 Å². The van der Waals surface area contributed by atoms with Crippen molar-refractivity contribution in [3.05, 3.63) is 29.3 Å². The van der Waals surface area contributed by atoms with E-state index in [1.165, 1.54) is 16.8 Å². The third kappa shape index (κ3) is 2.91. The molecule has 4 nitrogen and oxygen atoms in total. The molecule has 3 rings (SSSR count). The van der Waals surface area contributed by atoms with E-state index in [1.54, 1.807) is 0 Å². The number of hydrogen-bond acceptors (Lipinski definition) is 3. The van der Waals surface area contributed by atoms with Crippen LogP contribution in [0.25, 0.3) is 0 Å². The van der Waals surface area contributed by atoms with Crippen molar-refractivity contribution in [2.45, 2.75) is 32.7 Å². The molecule has 2 aliphatic heterocycles. The molecule has 2 aliphatic rings. The number of amides is 1. The Morgan fingerprint density at radius 1 is 1.19 bits per heavy atom. The number of piperazine rings is 1. The largest absolute Gasteiger partial charge is 0.368 e. The lowest BCUT2D eigenvalue weighted by molar-refractivity contribution is -0.133. The molecular formula is C17H25N3O. The van der Waals surface area contributed by atoms with E-state index >= 15 is 0 Å². The van der Waals surface area contributed by atoms with Crippen LogP contribution < -0.4 is 10.2 Å². The van der Waals surface area contributed by atoms with Crippen LogP contribution in [0.2, 0.25) is 0 Å². The maximum Gasteiger partial charge on any atom is 0.239 e. The van der Waals surface area contributed by atoms with Crippen LogP contribution in [0.3, 0.4) is 0 Å². The van der Waals surface area contributed by atoms with E-state index in [0.717, 1.165) is 45.6 Å². The number of hydrogen-bond donors (Lipinski definition) is 1. The van der Waals surface area contributed by atoms with Gasteiger partial charge in [0.15, 0.2) is 0 Å². The summed E-state index contributed by atoms with van der Waals surface area (Å²) in [5, 5.41) is 3.31. The molecule has 0 spiro atoms. The van der Waals surface area contributed by atoms with Crippen molar-refractivity contribution >= 4 is 11.6 Å². The zero-order valence-electron chi connectivity index (χ0n) is 13.1. The van der Waals surface area contributed by atoms with Crippen LogP contribution in [-0.2, 0) is 4.79 Å². The topological polar surface area (TPSA) is 35.6 Å². The Labute approximate surface area is 127 Å². The maximum atomic E-state index is 12.4. The number of aryl methyl sites for hydroxylation is 1. The van der Waals surface area contributed by atoms with E-state index in [1.807, 2.05) is 4.90 Å². The maximum absolute atomic E-state index is 12.4. The molecule has 2 fully saturated rings. The molecule has 114 valence electrons. The van der Waals surface area contributed by atoms with Crippen LogP contribution in [0.4, 0.5) is 5.69 Å². The molecule has 21 heavy (non-hydrogen) atoms. The zero-order valence-corrected chi connectivity index (χ0v) is 13.1. The van der Waals surface area contributed by atoms with Gasteiger partial charge in [0.1, 0.15) is 0 Å². The van der Waals surface area contributed by atoms with E-state index in [-0.39, 0.29) is 6.04 Å². The highest BCUT2D eigenvalue weighted by atomic mass is 16.2. The minimum Gasteiger partial charge on any atom is -0.368 e. The van der Waals surface area contributed by atoms with Gasteiger partial charge in [0, 0.05) is 31.9 Å². The Morgan fingerprint density at radius 3 is 2.62 bits per heavy atom. The predicted molar refractivity (Wildman–Crippen MR) is 85.7 cm³/mol. The average molecular weight is 287 g/mol. The third-order valence-electron chi connectivity index (χ3n) is 4.87. The molecule has 0 saturated carbocycles. The van der Waals surface area contributed by atoms with Gasteiger partial charge in [0.25, 0.3) is 0 Å². The lowest BCUT2D eigenvalue weighted by Crippen LogP contribution is -2.53. The molecule has 4 heteroatoms. The first-order valence-electron chi connectivity index (χ1n) is 8.00. The summed E-state index contributed by atoms with van der Waals surface area (Å²) in [7, 11) is 0. The van der Waals surface area contributed by atoms with Gasteiger partial charge in [-0.3, -0.25) is 4.79 Å². The van der Waals surface area contributed by atoms with Crippen molar-refractivity contribution in [2.24, 2.45) is 0 Å². The summed E-state index contributed by atoms with van der Waals surface area (Å²) in [6.45, 7) is 8.87. The van der Waals surface area contributed by atoms with Crippen LogP contribution in [0.15, 0.2) is 18.2 Å². The van der Waals surface area contributed by atoms with Crippen LogP contribution in [-0.4, -0.2) is 49.6 Å². The van der Waals surface area contributed by atoms with Gasteiger partial charge >= 0.3 is 0 Å². The van der Waals surface area contributed by atoms with Gasteiger partial charge < -0.3 is 15.1 Å². The van der Waals surface area contributed by atoms with E-state index < -0.39 is 0 Å². The molecule has 1 N–H and O–H groups in total. The summed E-state index contributed by atoms with van der Waals surface area (Å²) in [5.41, 5.74) is 4.01. The van der Waals surface area contributed by atoms with E-state index in [0.29, 0.717) is 5.91 Å². The highest BCUT2D eigenvalue weighted by Gasteiger charge is 2.29. The van der Waals surface area contributed by atoms with E-state index in [9.17, 15) is 4.79 Å². The molecule has 1 aromatic rings. The Balaban J connectivity index is 1.62. The van der Waals surface area contributed by atoms with Crippen molar-refractivity contribution in [1.29, 1.82) is 0 Å². The Bertz CT molecular complexity index is 515. The summed E-state index contributed by atoms with van der Waals surface area (Å²) in [5.74, 6) is 0.299. The second-order valence-electron chi connectivity index (χ2n) is 6.18. The lowest BCUT2D eigenvalue weighted by Gasteiger charge is -2.38. The fraction of sp³-hybridized carbons (Fsp3) is 0.588. The number of anilines is 1. The standard InChI is InChI=1S/C17H25N3O/c1-13-5-3-7-16(14(13)2)19-9-11-20(12-10-19)17(21)15-6-4-8-18-15/h3,5,7,15,18H,4,6,8-12H2,1-2H3/t15-/m1/s1. The Kier molecular flexibility index (Phi) is 4.15. The van der Waals surface area contributed by atoms with Gasteiger partial charge in [0.05, 0.1) is 6.04 Å². The number of nitrogens with one attached hydrogen (secondary N) is 1. The minimum absolute atomic E-state index is 0.0669. The second-order valence-corrected chi connectivity index (χ2v) is 6.18. The molecule has 2 saturated heterocycles. The zero-order chi connectivity index (χ0) is 14.8. The molecule has 2 heterocycles. The highest BCUT2D eigenvalue weighted by Crippen LogP contribution is 2.24. The van der Waals surface area contributed by atoms with Crippen LogP contribution in [0.5, 0.6) is 0 Å². The third-order valence-corrected chi connectivity index (χ3v) is 4.87. The number of nitrogens with zero attached hydrogens (tertiary/aromatic N) is 2. The van der Waals surface area contributed by atoms with Crippen LogP contribution >= 0.6 is 0 Å². The number of benzene rings is 1. The van der Waals surface area contributed by atoms with Gasteiger partial charge in [-0.05, 0) is 50.4 Å². The first-order valence-corrected chi connectivity index (χ1v) is 8.00. The predicted octanol–water partition coefficient (Wildman–Crippen LogP) is 1.70. The molecule has 1 atom stereocenters. The molecule has 0 aliphatic carbocycles. The van der Waals surface area contributed by atoms with Gasteiger partial charge in [-0.2, -0.15) is 0 Å². The lowest BCUT2D eigenvalue weighted by atomic mass is 10.1. The fourth-order valence-electron chi connectivity index (χ4n) is 3.36. The highest BCUT2D eigenvalue weighted by molar-refractivity contribution is 5.82. The Hall–Kier alpha value is -1.55. The van der Waals surface area contributed by atoms with Gasteiger partial charge in [-0.15, -0.1) is 0 Å². The van der Waals surface area contributed by atoms with Gasteiger partial charge in [-0.25, -0.2) is 0 Å². The smallest absolute Gasteiger partial charge is 0.239 e. The summed E-state index contributed by atoms with van der Waals surface area (Å²) in [6.07, 6.45) is 2.12. The first-order chi connectivity index (χ1) is 10.2. The summed E-state index contributed by atoms with van der Waals surface area (Å²) in [4.78, 5) is 16.9. The Morgan fingerprint density at radius 2 is 1.95 bits per heavy atom. The fourth-order valence-corrected chi connectivity index (χ4v) is 3.36. The number of carbonyl (C=O) groups excluding carboxylic acids is 1. The molecule has 0 aromatic heterocycles. The van der Waals surface area contributed by atoms with E-state index in [4.69, 9.17) is 0 Å². The van der Waals surface area contributed by atoms with Crippen molar-refractivity contribution in [3.63, 3.8) is 0 Å². The molecule has 0 unspecified atom stereocenters. The molecule has 0 bridgehead atoms. The second kappa shape index (κ2) is 6.06. The molecule has 0 radical (unpaired) electrons. The van der Waals surface area contributed by atoms with Crippen LogP contribution in [0.1, 0.15) is 24.0 Å². The van der Waals surface area contributed by atoms with Gasteiger partial charge in [0.2, 0.25) is 5.91 Å². The van der Waals surface area contributed by atoms with Crippen molar-refractivity contribution in [1.82, 2.24) is 10.2 Å². The molecular weight excluding hydrogens is 262 g/mol. The normalized spacial score (nSPS) is 22.7. The monoisotopic (exact) mass is 287 g/mol. The minimum atomic E-state index is 0.0669. The van der Waals surface area contributed by atoms with Crippen molar-refractivity contribution in [2.75, 3.05) is 37.6 Å². The summed E-state index contributed by atoms with van der Waals surface area (Å²) >= 11 is 0. The quantitative estimate of drug-likeness (QED) is 0.899. The SMILES string of the molecule is Cc1cccc(N2CCN(C(=O)[C@H]3CCCN3)CC2)c1C. The average Bonchev–Trinajstić information content (AvgIpc) is 3.04. The van der Waals surface area contributed by atoms with Crippen LogP contribution in [0, 0.1) is 13.8 Å².